The van der Waals surface area contributed by atoms with Crippen LogP contribution in [0.15, 0.2) is 43.1 Å². The predicted octanol–water partition coefficient (Wildman–Crippen LogP) is 2.49. The molecule has 2 aliphatic rings. The Morgan fingerprint density at radius 2 is 2.13 bits per heavy atom. The number of aromatic amines is 1. The van der Waals surface area contributed by atoms with Gasteiger partial charge in [-0.05, 0) is 31.0 Å². The first-order valence-corrected chi connectivity index (χ1v) is 10.2. The highest BCUT2D eigenvalue weighted by Crippen LogP contribution is 2.36. The van der Waals surface area contributed by atoms with Crippen LogP contribution in [-0.4, -0.2) is 42.0 Å². The van der Waals surface area contributed by atoms with E-state index in [-0.39, 0.29) is 23.7 Å². The zero-order valence-corrected chi connectivity index (χ0v) is 16.5. The summed E-state index contributed by atoms with van der Waals surface area (Å²) in [5, 5.41) is 7.42. The Labute approximate surface area is 176 Å². The van der Waals surface area contributed by atoms with Gasteiger partial charge in [0, 0.05) is 30.8 Å². The van der Waals surface area contributed by atoms with Crippen LogP contribution in [-0.2, 0) is 11.2 Å². The zero-order chi connectivity index (χ0) is 20.9. The fraction of sp³-hybridized carbons (Fsp3) is 0.286. The quantitative estimate of drug-likeness (QED) is 0.528. The summed E-state index contributed by atoms with van der Waals surface area (Å²) in [6, 6.07) is 4.45. The van der Waals surface area contributed by atoms with Crippen molar-refractivity contribution in [1.82, 2.24) is 29.5 Å². The van der Waals surface area contributed by atoms with Crippen molar-refractivity contribution in [3.63, 3.8) is 0 Å². The van der Waals surface area contributed by atoms with Crippen LogP contribution in [0.1, 0.15) is 36.0 Å². The SMILES string of the molecule is O=C(Nc1cnc(N2CCc3[nH]cnc3C2c2cc3c(F)cccn3n2)cn1)C1CC1. The molecule has 31 heavy (non-hydrogen) atoms. The lowest BCUT2D eigenvalue weighted by Gasteiger charge is -2.34. The van der Waals surface area contributed by atoms with Crippen LogP contribution in [0.4, 0.5) is 16.0 Å². The summed E-state index contributed by atoms with van der Waals surface area (Å²) >= 11 is 0. The summed E-state index contributed by atoms with van der Waals surface area (Å²) in [5.74, 6) is 0.832. The topological polar surface area (TPSA) is 104 Å². The highest BCUT2D eigenvalue weighted by atomic mass is 19.1. The number of aromatic nitrogens is 6. The van der Waals surface area contributed by atoms with Crippen molar-refractivity contribution in [3.8, 4) is 0 Å². The normalized spacial score (nSPS) is 18.2. The van der Waals surface area contributed by atoms with E-state index in [1.807, 2.05) is 0 Å². The lowest BCUT2D eigenvalue weighted by molar-refractivity contribution is -0.117. The first-order valence-electron chi connectivity index (χ1n) is 10.2. The monoisotopic (exact) mass is 418 g/mol. The number of nitrogens with one attached hydrogen (secondary N) is 2. The largest absolute Gasteiger partial charge is 0.348 e. The lowest BCUT2D eigenvalue weighted by Crippen LogP contribution is -2.37. The number of imidazole rings is 1. The maximum absolute atomic E-state index is 14.3. The third kappa shape index (κ3) is 3.11. The molecule has 1 fully saturated rings. The molecule has 9 nitrogen and oxygen atoms in total. The number of anilines is 2. The van der Waals surface area contributed by atoms with Gasteiger partial charge >= 0.3 is 0 Å². The molecular formula is C21H19FN8O. The minimum absolute atomic E-state index is 0.00853. The van der Waals surface area contributed by atoms with Crippen LogP contribution in [0.25, 0.3) is 5.52 Å². The molecule has 1 atom stereocenters. The molecule has 0 bridgehead atoms. The number of nitrogens with zero attached hydrogens (tertiary/aromatic N) is 6. The van der Waals surface area contributed by atoms with Crippen molar-refractivity contribution < 1.29 is 9.18 Å². The molecule has 0 radical (unpaired) electrons. The highest BCUT2D eigenvalue weighted by Gasteiger charge is 2.34. The van der Waals surface area contributed by atoms with Crippen molar-refractivity contribution in [2.45, 2.75) is 25.3 Å². The minimum atomic E-state index is -0.337. The van der Waals surface area contributed by atoms with Gasteiger partial charge in [0.25, 0.3) is 0 Å². The molecule has 1 amide bonds. The van der Waals surface area contributed by atoms with E-state index in [1.165, 1.54) is 10.6 Å². The Kier molecular flexibility index (Phi) is 3.98. The first kappa shape index (κ1) is 18.0. The molecule has 2 N–H and O–H groups in total. The molecule has 10 heteroatoms. The number of hydrogen-bond acceptors (Lipinski definition) is 6. The maximum Gasteiger partial charge on any atom is 0.228 e. The van der Waals surface area contributed by atoms with Gasteiger partial charge in [0.05, 0.1) is 30.1 Å². The van der Waals surface area contributed by atoms with E-state index >= 15 is 0 Å². The smallest absolute Gasteiger partial charge is 0.228 e. The van der Waals surface area contributed by atoms with E-state index in [9.17, 15) is 9.18 Å². The van der Waals surface area contributed by atoms with Gasteiger partial charge in [0.1, 0.15) is 23.2 Å². The van der Waals surface area contributed by atoms with Gasteiger partial charge in [0.15, 0.2) is 5.82 Å². The minimum Gasteiger partial charge on any atom is -0.348 e. The van der Waals surface area contributed by atoms with Crippen molar-refractivity contribution in [3.05, 3.63) is 66.0 Å². The maximum atomic E-state index is 14.3. The molecule has 6 rings (SSSR count). The van der Waals surface area contributed by atoms with Crippen LogP contribution >= 0.6 is 0 Å². The molecule has 4 aromatic heterocycles. The number of H-pyrrole nitrogens is 1. The number of hydrogen-bond donors (Lipinski definition) is 2. The molecule has 1 aliphatic heterocycles. The fourth-order valence-corrected chi connectivity index (χ4v) is 4.06. The van der Waals surface area contributed by atoms with Gasteiger partial charge in [-0.15, -0.1) is 0 Å². The average molecular weight is 418 g/mol. The van der Waals surface area contributed by atoms with Gasteiger partial charge < -0.3 is 15.2 Å². The number of rotatable bonds is 4. The Hall–Kier alpha value is -3.82. The Bertz CT molecular complexity index is 1280. The second-order valence-corrected chi connectivity index (χ2v) is 7.89. The Morgan fingerprint density at radius 1 is 1.23 bits per heavy atom. The number of carbonyl (C=O) groups is 1. The molecule has 156 valence electrons. The van der Waals surface area contributed by atoms with E-state index < -0.39 is 0 Å². The van der Waals surface area contributed by atoms with Crippen LogP contribution in [0.5, 0.6) is 0 Å². The fourth-order valence-electron chi connectivity index (χ4n) is 4.06. The second kappa shape index (κ2) is 6.86. The average Bonchev–Trinajstić information content (AvgIpc) is 3.36. The van der Waals surface area contributed by atoms with Crippen molar-refractivity contribution >= 4 is 23.1 Å². The molecular weight excluding hydrogens is 399 g/mol. The molecule has 4 aromatic rings. The summed E-state index contributed by atoms with van der Waals surface area (Å²) in [5.41, 5.74) is 2.94. The molecule has 0 saturated heterocycles. The van der Waals surface area contributed by atoms with Crippen LogP contribution in [0, 0.1) is 11.7 Å². The van der Waals surface area contributed by atoms with Crippen molar-refractivity contribution in [2.75, 3.05) is 16.8 Å². The van der Waals surface area contributed by atoms with E-state index in [4.69, 9.17) is 0 Å². The first-order chi connectivity index (χ1) is 15.2. The third-order valence-electron chi connectivity index (χ3n) is 5.81. The molecule has 0 spiro atoms. The van der Waals surface area contributed by atoms with Gasteiger partial charge in [-0.2, -0.15) is 5.10 Å². The summed E-state index contributed by atoms with van der Waals surface area (Å²) in [7, 11) is 0. The molecule has 1 unspecified atom stereocenters. The summed E-state index contributed by atoms with van der Waals surface area (Å²) in [6.07, 6.45) is 9.21. The van der Waals surface area contributed by atoms with E-state index in [2.05, 4.69) is 35.3 Å². The number of amides is 1. The van der Waals surface area contributed by atoms with Crippen LogP contribution in [0.3, 0.4) is 0 Å². The molecule has 1 saturated carbocycles. The van der Waals surface area contributed by atoms with Crippen molar-refractivity contribution in [2.24, 2.45) is 5.92 Å². The lowest BCUT2D eigenvalue weighted by atomic mass is 10.00. The van der Waals surface area contributed by atoms with E-state index in [0.29, 0.717) is 29.4 Å². The van der Waals surface area contributed by atoms with Crippen LogP contribution in [0.2, 0.25) is 0 Å². The number of fused-ring (bicyclic) bond motifs is 2. The molecule has 1 aliphatic carbocycles. The summed E-state index contributed by atoms with van der Waals surface area (Å²) in [4.78, 5) is 30.7. The van der Waals surface area contributed by atoms with Gasteiger partial charge in [-0.3, -0.25) is 4.79 Å². The molecule has 5 heterocycles. The standard InChI is InChI=1S/C21H19FN8O/c22-13-2-1-6-30-16(13)8-15(28-30)20-19-14(25-11-26-19)5-7-29(20)18-10-23-17(9-24-18)27-21(31)12-3-4-12/h1-2,6,8-12,20H,3-5,7H2,(H,25,26)(H,23,27,31). The highest BCUT2D eigenvalue weighted by molar-refractivity contribution is 5.93. The molecule has 0 aromatic carbocycles. The van der Waals surface area contributed by atoms with Crippen molar-refractivity contribution in [1.29, 1.82) is 0 Å². The third-order valence-corrected chi connectivity index (χ3v) is 5.81. The number of pyridine rings is 1. The Balaban J connectivity index is 1.37. The number of halogens is 1. The summed E-state index contributed by atoms with van der Waals surface area (Å²) in [6.45, 7) is 0.665. The van der Waals surface area contributed by atoms with Crippen LogP contribution < -0.4 is 10.2 Å². The van der Waals surface area contributed by atoms with Gasteiger partial charge in [-0.25, -0.2) is 23.9 Å². The van der Waals surface area contributed by atoms with Gasteiger partial charge in [-0.1, -0.05) is 0 Å². The Morgan fingerprint density at radius 3 is 2.90 bits per heavy atom. The summed E-state index contributed by atoms with van der Waals surface area (Å²) < 4.78 is 15.8. The van der Waals surface area contributed by atoms with E-state index in [1.54, 1.807) is 37.1 Å². The predicted molar refractivity (Wildman–Crippen MR) is 110 cm³/mol. The van der Waals surface area contributed by atoms with Gasteiger partial charge in [0.2, 0.25) is 5.91 Å². The second-order valence-electron chi connectivity index (χ2n) is 7.89. The number of carbonyl (C=O) groups excluding carboxylic acids is 1. The van der Waals surface area contributed by atoms with E-state index in [0.717, 1.165) is 30.7 Å². The zero-order valence-electron chi connectivity index (χ0n) is 16.5.